The first-order valence-corrected chi connectivity index (χ1v) is 9.03. The summed E-state index contributed by atoms with van der Waals surface area (Å²) in [4.78, 5) is 26.9. The Labute approximate surface area is 150 Å². The van der Waals surface area contributed by atoms with Crippen LogP contribution in [0.25, 0.3) is 0 Å². The second-order valence-corrected chi connectivity index (χ2v) is 7.03. The number of likely N-dealkylation sites (tertiary alicyclic amines) is 1. The lowest BCUT2D eigenvalue weighted by atomic mass is 10.0. The first kappa shape index (κ1) is 19.2. The van der Waals surface area contributed by atoms with Crippen molar-refractivity contribution in [3.8, 4) is 0 Å². The Morgan fingerprint density at radius 1 is 1.24 bits per heavy atom. The van der Waals surface area contributed by atoms with Crippen LogP contribution in [-0.2, 0) is 11.3 Å². The van der Waals surface area contributed by atoms with E-state index in [1.165, 1.54) is 0 Å². The summed E-state index contributed by atoms with van der Waals surface area (Å²) in [5.74, 6) is 0.551. The van der Waals surface area contributed by atoms with Gasteiger partial charge in [0.2, 0.25) is 5.91 Å². The van der Waals surface area contributed by atoms with E-state index in [9.17, 15) is 9.59 Å². The van der Waals surface area contributed by atoms with Gasteiger partial charge in [0.15, 0.2) is 0 Å². The molecule has 1 saturated heterocycles. The fourth-order valence-electron chi connectivity index (χ4n) is 3.17. The molecule has 1 aromatic carbocycles. The van der Waals surface area contributed by atoms with E-state index < -0.39 is 6.04 Å². The van der Waals surface area contributed by atoms with Crippen molar-refractivity contribution in [2.24, 2.45) is 11.8 Å². The molecule has 1 aliphatic rings. The third-order valence-corrected chi connectivity index (χ3v) is 4.61. The highest BCUT2D eigenvalue weighted by Gasteiger charge is 2.32. The molecule has 138 valence electrons. The van der Waals surface area contributed by atoms with Gasteiger partial charge in [-0.15, -0.1) is 0 Å². The summed E-state index contributed by atoms with van der Waals surface area (Å²) in [5, 5.41) is 8.85. The van der Waals surface area contributed by atoms with Gasteiger partial charge in [0, 0.05) is 19.6 Å². The zero-order valence-corrected chi connectivity index (χ0v) is 15.4. The molecule has 0 radical (unpaired) electrons. The van der Waals surface area contributed by atoms with Crippen molar-refractivity contribution in [1.82, 2.24) is 20.9 Å². The van der Waals surface area contributed by atoms with Crippen molar-refractivity contribution >= 4 is 11.9 Å². The van der Waals surface area contributed by atoms with Gasteiger partial charge in [0.1, 0.15) is 6.04 Å². The molecule has 1 aromatic rings. The Bertz CT molecular complexity index is 562. The van der Waals surface area contributed by atoms with Crippen LogP contribution in [0.4, 0.5) is 4.79 Å². The number of hydrogen-bond acceptors (Lipinski definition) is 3. The van der Waals surface area contributed by atoms with E-state index in [1.807, 2.05) is 56.1 Å². The maximum atomic E-state index is 12.8. The maximum Gasteiger partial charge on any atom is 0.315 e. The molecule has 2 unspecified atom stereocenters. The molecule has 3 amide bonds. The van der Waals surface area contributed by atoms with Crippen molar-refractivity contribution in [3.63, 3.8) is 0 Å². The number of hydrogen-bond donors (Lipinski definition) is 3. The molecule has 0 spiro atoms. The average Bonchev–Trinajstić information content (AvgIpc) is 3.07. The van der Waals surface area contributed by atoms with Gasteiger partial charge in [0.25, 0.3) is 0 Å². The van der Waals surface area contributed by atoms with Crippen molar-refractivity contribution in [3.05, 3.63) is 35.9 Å². The zero-order chi connectivity index (χ0) is 18.2. The monoisotopic (exact) mass is 346 g/mol. The van der Waals surface area contributed by atoms with Gasteiger partial charge in [-0.1, -0.05) is 44.2 Å². The Hall–Kier alpha value is -2.08. The van der Waals surface area contributed by atoms with E-state index in [-0.39, 0.29) is 17.9 Å². The normalized spacial score (nSPS) is 18.2. The molecule has 0 saturated carbocycles. The first-order chi connectivity index (χ1) is 12.0. The highest BCUT2D eigenvalue weighted by molar-refractivity contribution is 5.87. The molecule has 0 bridgehead atoms. The summed E-state index contributed by atoms with van der Waals surface area (Å²) in [6.07, 6.45) is 1.01. The Morgan fingerprint density at radius 3 is 2.60 bits per heavy atom. The second kappa shape index (κ2) is 9.42. The number of carbonyl (C=O) groups is 2. The van der Waals surface area contributed by atoms with Crippen LogP contribution >= 0.6 is 0 Å². The van der Waals surface area contributed by atoms with E-state index in [0.717, 1.165) is 31.6 Å². The summed E-state index contributed by atoms with van der Waals surface area (Å²) < 4.78 is 0. The quantitative estimate of drug-likeness (QED) is 0.702. The van der Waals surface area contributed by atoms with Gasteiger partial charge in [-0.05, 0) is 37.4 Å². The molecule has 3 N–H and O–H groups in total. The highest BCUT2D eigenvalue weighted by Crippen LogP contribution is 2.18. The highest BCUT2D eigenvalue weighted by atomic mass is 16.2. The molecule has 2 atom stereocenters. The molecule has 6 nitrogen and oxygen atoms in total. The van der Waals surface area contributed by atoms with Crippen LogP contribution in [0.2, 0.25) is 0 Å². The summed E-state index contributed by atoms with van der Waals surface area (Å²) in [5.41, 5.74) is 1.03. The van der Waals surface area contributed by atoms with Crippen molar-refractivity contribution in [1.29, 1.82) is 0 Å². The third-order valence-electron chi connectivity index (χ3n) is 4.61. The van der Waals surface area contributed by atoms with E-state index in [1.54, 1.807) is 0 Å². The lowest BCUT2D eigenvalue weighted by Gasteiger charge is -2.27. The van der Waals surface area contributed by atoms with E-state index in [2.05, 4.69) is 16.0 Å². The molecular formula is C19H30N4O2. The Balaban J connectivity index is 1.87. The van der Waals surface area contributed by atoms with Crippen LogP contribution in [0.15, 0.2) is 30.3 Å². The molecule has 2 rings (SSSR count). The number of rotatable bonds is 7. The fourth-order valence-corrected chi connectivity index (χ4v) is 3.17. The number of carbonyl (C=O) groups excluding carboxylic acids is 2. The van der Waals surface area contributed by atoms with Gasteiger partial charge >= 0.3 is 6.03 Å². The topological polar surface area (TPSA) is 73.5 Å². The van der Waals surface area contributed by atoms with Crippen LogP contribution in [0.3, 0.4) is 0 Å². The summed E-state index contributed by atoms with van der Waals surface area (Å²) in [7, 11) is 1.93. The Morgan fingerprint density at radius 2 is 1.96 bits per heavy atom. The molecule has 1 heterocycles. The van der Waals surface area contributed by atoms with Crippen LogP contribution < -0.4 is 16.0 Å². The van der Waals surface area contributed by atoms with Gasteiger partial charge in [-0.2, -0.15) is 0 Å². The lowest BCUT2D eigenvalue weighted by molar-refractivity contribution is -0.133. The minimum atomic E-state index is -0.496. The molecule has 0 aliphatic carbocycles. The molecule has 0 aromatic heterocycles. The third kappa shape index (κ3) is 5.74. The first-order valence-electron chi connectivity index (χ1n) is 9.03. The van der Waals surface area contributed by atoms with Crippen LogP contribution in [0, 0.1) is 11.8 Å². The van der Waals surface area contributed by atoms with Crippen molar-refractivity contribution < 1.29 is 9.59 Å². The van der Waals surface area contributed by atoms with Crippen molar-refractivity contribution in [2.75, 3.05) is 26.7 Å². The molecule has 25 heavy (non-hydrogen) atoms. The van der Waals surface area contributed by atoms with Gasteiger partial charge in [-0.3, -0.25) is 4.79 Å². The maximum absolute atomic E-state index is 12.8. The van der Waals surface area contributed by atoms with E-state index >= 15 is 0 Å². The summed E-state index contributed by atoms with van der Waals surface area (Å²) in [6, 6.07) is 8.92. The van der Waals surface area contributed by atoms with Gasteiger partial charge < -0.3 is 20.9 Å². The van der Waals surface area contributed by atoms with E-state index in [4.69, 9.17) is 0 Å². The number of nitrogens with zero attached hydrogens (tertiary/aromatic N) is 1. The second-order valence-electron chi connectivity index (χ2n) is 7.03. The largest absolute Gasteiger partial charge is 0.341 e. The minimum absolute atomic E-state index is 0.0171. The molecule has 1 aliphatic heterocycles. The predicted octanol–water partition coefficient (Wildman–Crippen LogP) is 1.58. The minimum Gasteiger partial charge on any atom is -0.341 e. The zero-order valence-electron chi connectivity index (χ0n) is 15.4. The van der Waals surface area contributed by atoms with Gasteiger partial charge in [-0.25, -0.2) is 4.79 Å². The number of amides is 3. The molecule has 6 heteroatoms. The molecule has 1 fully saturated rings. The standard InChI is InChI=1S/C19H30N4O2/c1-14(2)17(18(24)23-10-9-16(13-23)11-20-3)22-19(25)21-12-15-7-5-4-6-8-15/h4-8,14,16-17,20H,9-13H2,1-3H3,(H2,21,22,25). The van der Waals surface area contributed by atoms with Crippen LogP contribution in [0.5, 0.6) is 0 Å². The molecular weight excluding hydrogens is 316 g/mol. The number of nitrogens with one attached hydrogen (secondary N) is 3. The van der Waals surface area contributed by atoms with Crippen molar-refractivity contribution in [2.45, 2.75) is 32.9 Å². The SMILES string of the molecule is CNCC1CCN(C(=O)C(NC(=O)NCc2ccccc2)C(C)C)C1. The lowest BCUT2D eigenvalue weighted by Crippen LogP contribution is -2.53. The summed E-state index contributed by atoms with van der Waals surface area (Å²) >= 11 is 0. The van der Waals surface area contributed by atoms with Gasteiger partial charge in [0.05, 0.1) is 0 Å². The number of benzene rings is 1. The Kier molecular flexibility index (Phi) is 7.25. The van der Waals surface area contributed by atoms with E-state index in [0.29, 0.717) is 12.5 Å². The van der Waals surface area contributed by atoms with Crippen LogP contribution in [-0.4, -0.2) is 49.6 Å². The smallest absolute Gasteiger partial charge is 0.315 e. The average molecular weight is 346 g/mol. The predicted molar refractivity (Wildman–Crippen MR) is 99.1 cm³/mol. The summed E-state index contributed by atoms with van der Waals surface area (Å²) in [6.45, 7) is 6.81. The number of urea groups is 1. The fraction of sp³-hybridized carbons (Fsp3) is 0.579. The van der Waals surface area contributed by atoms with Crippen LogP contribution in [0.1, 0.15) is 25.8 Å².